The molecule has 46 heavy (non-hydrogen) atoms. The van der Waals surface area contributed by atoms with Crippen molar-refractivity contribution in [1.82, 2.24) is 0 Å². The van der Waals surface area contributed by atoms with Crippen molar-refractivity contribution in [2.24, 2.45) is 0 Å². The van der Waals surface area contributed by atoms with Gasteiger partial charge in [0.25, 0.3) is 0 Å². The van der Waals surface area contributed by atoms with E-state index in [0.717, 1.165) is 56.4 Å². The summed E-state index contributed by atoms with van der Waals surface area (Å²) < 4.78 is 0. The first-order chi connectivity index (χ1) is 22.4. The maximum absolute atomic E-state index is 11.2. The van der Waals surface area contributed by atoms with Gasteiger partial charge in [0.05, 0.1) is 12.8 Å². The van der Waals surface area contributed by atoms with Crippen molar-refractivity contribution in [2.75, 3.05) is 9.80 Å². The van der Waals surface area contributed by atoms with E-state index in [1.54, 1.807) is 0 Å². The van der Waals surface area contributed by atoms with Gasteiger partial charge in [-0.25, -0.2) is 0 Å². The van der Waals surface area contributed by atoms with Crippen molar-refractivity contribution in [1.29, 1.82) is 0 Å². The van der Waals surface area contributed by atoms with E-state index in [4.69, 9.17) is 0 Å². The van der Waals surface area contributed by atoms with Crippen molar-refractivity contribution in [3.8, 4) is 11.1 Å². The predicted molar refractivity (Wildman–Crippen MR) is 184 cm³/mol. The molecule has 0 saturated heterocycles. The normalized spacial score (nSPS) is 10.7. The smallest absolute Gasteiger partial charge is 0.307 e. The molecule has 6 heteroatoms. The van der Waals surface area contributed by atoms with E-state index in [1.807, 2.05) is 84.9 Å². The lowest BCUT2D eigenvalue weighted by molar-refractivity contribution is -0.137. The van der Waals surface area contributed by atoms with E-state index in [-0.39, 0.29) is 12.8 Å². The molecule has 6 aromatic rings. The Kier molecular flexibility index (Phi) is 8.88. The molecule has 6 aromatic carbocycles. The Hall–Kier alpha value is -6.14. The van der Waals surface area contributed by atoms with Crippen molar-refractivity contribution in [2.45, 2.75) is 12.8 Å². The third kappa shape index (κ3) is 6.98. The Balaban J connectivity index is 1.28. The molecule has 2 N–H and O–H groups in total. The Morgan fingerprint density at radius 3 is 0.913 bits per heavy atom. The number of para-hydroxylation sites is 2. The number of carbonyl (C=O) groups is 2. The molecule has 0 aliphatic carbocycles. The highest BCUT2D eigenvalue weighted by Crippen LogP contribution is 2.38. The van der Waals surface area contributed by atoms with Crippen LogP contribution in [0.25, 0.3) is 11.1 Å². The van der Waals surface area contributed by atoms with Crippen LogP contribution in [0.1, 0.15) is 11.1 Å². The SMILES string of the molecule is O=C(O)Cc1ccc(N(c2ccccc2)c2ccc(-c3ccc(N(c4ccccc4)c4ccc(CC(=O)O)cc4)cc3)cc2)cc1. The van der Waals surface area contributed by atoms with Crippen LogP contribution in [0.3, 0.4) is 0 Å². The van der Waals surface area contributed by atoms with E-state index >= 15 is 0 Å². The largest absolute Gasteiger partial charge is 0.481 e. The Bertz CT molecular complexity index is 1760. The number of hydrogen-bond acceptors (Lipinski definition) is 4. The zero-order chi connectivity index (χ0) is 31.9. The molecule has 0 unspecified atom stereocenters. The number of nitrogens with zero attached hydrogens (tertiary/aromatic N) is 2. The minimum atomic E-state index is -0.851. The predicted octanol–water partition coefficient (Wildman–Crippen LogP) is 9.55. The van der Waals surface area contributed by atoms with Crippen molar-refractivity contribution >= 4 is 46.1 Å². The number of aliphatic carboxylic acids is 2. The zero-order valence-corrected chi connectivity index (χ0v) is 25.0. The fourth-order valence-corrected chi connectivity index (χ4v) is 5.53. The molecule has 0 aliphatic heterocycles. The molecule has 0 amide bonds. The molecule has 0 heterocycles. The number of rotatable bonds is 11. The van der Waals surface area contributed by atoms with E-state index in [2.05, 4.69) is 82.6 Å². The standard InChI is InChI=1S/C40H32N2O4/c43-39(44)27-29-11-19-35(20-12-29)41(33-7-3-1-4-8-33)37-23-15-31(16-24-37)32-17-25-38(26-18-32)42(34-9-5-2-6-10-34)36-21-13-30(14-22-36)28-40(45)46/h1-26H,27-28H2,(H,43,44)(H,45,46). The summed E-state index contributed by atoms with van der Waals surface area (Å²) in [5.74, 6) is -1.70. The lowest BCUT2D eigenvalue weighted by Gasteiger charge is -2.26. The number of carboxylic acids is 2. The molecule has 0 fully saturated rings. The molecular formula is C40H32N2O4. The minimum Gasteiger partial charge on any atom is -0.481 e. The van der Waals surface area contributed by atoms with Gasteiger partial charge in [0.1, 0.15) is 0 Å². The summed E-state index contributed by atoms with van der Waals surface area (Å²) in [7, 11) is 0. The summed E-state index contributed by atoms with van der Waals surface area (Å²) in [6, 6.07) is 52.2. The van der Waals surface area contributed by atoms with Gasteiger partial charge in [-0.3, -0.25) is 9.59 Å². The lowest BCUT2D eigenvalue weighted by atomic mass is 10.0. The molecule has 226 valence electrons. The fraction of sp³-hybridized carbons (Fsp3) is 0.0500. The number of carboxylic acid groups (broad SMARTS) is 2. The highest BCUT2D eigenvalue weighted by Gasteiger charge is 2.15. The summed E-state index contributed by atoms with van der Waals surface area (Å²) >= 11 is 0. The van der Waals surface area contributed by atoms with Crippen LogP contribution in [0, 0.1) is 0 Å². The average Bonchev–Trinajstić information content (AvgIpc) is 3.08. The molecule has 0 spiro atoms. The summed E-state index contributed by atoms with van der Waals surface area (Å²) in [6.45, 7) is 0. The van der Waals surface area contributed by atoms with Gasteiger partial charge in [-0.2, -0.15) is 0 Å². The molecule has 6 rings (SSSR count). The average molecular weight is 605 g/mol. The highest BCUT2D eigenvalue weighted by molar-refractivity contribution is 5.81. The van der Waals surface area contributed by atoms with Gasteiger partial charge in [-0.05, 0) is 95.1 Å². The Morgan fingerprint density at radius 2 is 0.630 bits per heavy atom. The van der Waals surface area contributed by atoms with Crippen LogP contribution in [0.15, 0.2) is 158 Å². The second-order valence-corrected chi connectivity index (χ2v) is 10.9. The summed E-state index contributed by atoms with van der Waals surface area (Å²) in [4.78, 5) is 26.6. The summed E-state index contributed by atoms with van der Waals surface area (Å²) in [6.07, 6.45) is -0.0252. The van der Waals surface area contributed by atoms with Crippen molar-refractivity contribution < 1.29 is 19.8 Å². The molecular weight excluding hydrogens is 572 g/mol. The molecule has 0 saturated carbocycles. The first-order valence-electron chi connectivity index (χ1n) is 15.0. The monoisotopic (exact) mass is 604 g/mol. The minimum absolute atomic E-state index is 0.0126. The van der Waals surface area contributed by atoms with Crippen molar-refractivity contribution in [3.05, 3.63) is 169 Å². The third-order valence-corrected chi connectivity index (χ3v) is 7.71. The van der Waals surface area contributed by atoms with E-state index in [1.165, 1.54) is 0 Å². The lowest BCUT2D eigenvalue weighted by Crippen LogP contribution is -2.10. The van der Waals surface area contributed by atoms with E-state index in [9.17, 15) is 19.8 Å². The summed E-state index contributed by atoms with van der Waals surface area (Å²) in [5.41, 5.74) is 9.51. The van der Waals surface area contributed by atoms with Crippen LogP contribution < -0.4 is 9.80 Å². The van der Waals surface area contributed by atoms with Crippen LogP contribution in [0.2, 0.25) is 0 Å². The first-order valence-corrected chi connectivity index (χ1v) is 15.0. The number of anilines is 6. The van der Waals surface area contributed by atoms with Crippen LogP contribution in [0.4, 0.5) is 34.1 Å². The van der Waals surface area contributed by atoms with Crippen LogP contribution >= 0.6 is 0 Å². The van der Waals surface area contributed by atoms with Crippen LogP contribution in [-0.4, -0.2) is 22.2 Å². The summed E-state index contributed by atoms with van der Waals surface area (Å²) in [5, 5.41) is 18.3. The van der Waals surface area contributed by atoms with Gasteiger partial charge in [-0.1, -0.05) is 84.9 Å². The maximum Gasteiger partial charge on any atom is 0.307 e. The van der Waals surface area contributed by atoms with Gasteiger partial charge in [0, 0.05) is 34.1 Å². The molecule has 6 nitrogen and oxygen atoms in total. The zero-order valence-electron chi connectivity index (χ0n) is 25.0. The van der Waals surface area contributed by atoms with Gasteiger partial charge >= 0.3 is 11.9 Å². The van der Waals surface area contributed by atoms with Crippen molar-refractivity contribution in [3.63, 3.8) is 0 Å². The van der Waals surface area contributed by atoms with Gasteiger partial charge in [0.2, 0.25) is 0 Å². The topological polar surface area (TPSA) is 81.1 Å². The van der Waals surface area contributed by atoms with Gasteiger partial charge in [0.15, 0.2) is 0 Å². The second-order valence-electron chi connectivity index (χ2n) is 10.9. The Morgan fingerprint density at radius 1 is 0.370 bits per heavy atom. The highest BCUT2D eigenvalue weighted by atomic mass is 16.4. The third-order valence-electron chi connectivity index (χ3n) is 7.71. The van der Waals surface area contributed by atoms with E-state index < -0.39 is 11.9 Å². The second kappa shape index (κ2) is 13.7. The van der Waals surface area contributed by atoms with Gasteiger partial charge < -0.3 is 20.0 Å². The van der Waals surface area contributed by atoms with Crippen LogP contribution in [0.5, 0.6) is 0 Å². The number of hydrogen-bond donors (Lipinski definition) is 2. The molecule has 0 aromatic heterocycles. The fourth-order valence-electron chi connectivity index (χ4n) is 5.53. The molecule has 0 aliphatic rings. The van der Waals surface area contributed by atoms with Crippen LogP contribution in [-0.2, 0) is 22.4 Å². The molecule has 0 radical (unpaired) electrons. The maximum atomic E-state index is 11.2. The molecule has 0 atom stereocenters. The number of benzene rings is 6. The quantitative estimate of drug-likeness (QED) is 0.153. The van der Waals surface area contributed by atoms with Gasteiger partial charge in [-0.15, -0.1) is 0 Å². The van der Waals surface area contributed by atoms with E-state index in [0.29, 0.717) is 0 Å². The Labute approximate surface area is 268 Å². The molecule has 0 bridgehead atoms. The first kappa shape index (κ1) is 29.9.